The molecule has 40 heavy (non-hydrogen) atoms. The monoisotopic (exact) mass is 579 g/mol. The molecule has 6 N–H and O–H groups in total. The number of fused-ring (bicyclic) bond motifs is 3. The molecule has 0 spiro atoms. The van der Waals surface area contributed by atoms with E-state index in [9.17, 15) is 39.9 Å². The second kappa shape index (κ2) is 10.5. The van der Waals surface area contributed by atoms with Crippen LogP contribution in [0.3, 0.4) is 0 Å². The van der Waals surface area contributed by atoms with Crippen LogP contribution in [0.15, 0.2) is 40.9 Å². The summed E-state index contributed by atoms with van der Waals surface area (Å²) in [5.41, 5.74) is -2.46. The van der Waals surface area contributed by atoms with E-state index < -0.39 is 96.4 Å². The molecule has 1 saturated heterocycles. The largest absolute Gasteiger partial charge is 0.511 e. The molecule has 12 nitrogen and oxygen atoms in total. The Bertz CT molecular complexity index is 1330. The Hall–Kier alpha value is -2.84. The maximum absolute atomic E-state index is 13.7. The number of hydrogen-bond acceptors (Lipinski definition) is 12. The molecule has 5 rings (SSSR count). The summed E-state index contributed by atoms with van der Waals surface area (Å²) in [7, 11) is 1.34. The smallest absolute Gasteiger partial charge is 0.190 e. The van der Waals surface area contributed by atoms with Crippen molar-refractivity contribution in [2.75, 3.05) is 13.7 Å². The van der Waals surface area contributed by atoms with Gasteiger partial charge in [-0.3, -0.25) is 14.4 Å². The summed E-state index contributed by atoms with van der Waals surface area (Å²) in [6.07, 6.45) is -5.06. The highest BCUT2D eigenvalue weighted by atomic mass is 35.5. The minimum atomic E-state index is -2.23. The van der Waals surface area contributed by atoms with Crippen molar-refractivity contribution < 1.29 is 54.1 Å². The number of allylic oxidation sites excluding steroid dienone is 2. The molecule has 1 saturated carbocycles. The number of carbonyl (C=O) groups is 3. The average molecular weight is 580 g/mol. The van der Waals surface area contributed by atoms with E-state index in [1.807, 2.05) is 0 Å². The van der Waals surface area contributed by atoms with Crippen molar-refractivity contribution in [2.24, 2.45) is 11.8 Å². The third-order valence-corrected chi connectivity index (χ3v) is 8.58. The van der Waals surface area contributed by atoms with E-state index >= 15 is 0 Å². The van der Waals surface area contributed by atoms with Crippen LogP contribution in [-0.4, -0.2) is 92.8 Å². The summed E-state index contributed by atoms with van der Waals surface area (Å²) in [5.74, 6) is -6.29. The van der Waals surface area contributed by atoms with Crippen molar-refractivity contribution in [2.45, 2.75) is 62.4 Å². The number of rotatable bonds is 6. The maximum Gasteiger partial charge on any atom is 0.190 e. The first kappa shape index (κ1) is 28.7. The van der Waals surface area contributed by atoms with E-state index in [-0.39, 0.29) is 34.4 Å². The van der Waals surface area contributed by atoms with Crippen LogP contribution >= 0.6 is 11.8 Å². The Labute approximate surface area is 233 Å². The minimum absolute atomic E-state index is 0.00192. The van der Waals surface area contributed by atoms with E-state index in [1.165, 1.54) is 25.3 Å². The first-order valence-electron chi connectivity index (χ1n) is 12.8. The van der Waals surface area contributed by atoms with Crippen molar-refractivity contribution in [1.82, 2.24) is 4.84 Å². The summed E-state index contributed by atoms with van der Waals surface area (Å²) < 4.78 is 17.1. The van der Waals surface area contributed by atoms with Crippen molar-refractivity contribution in [3.05, 3.63) is 52.0 Å². The first-order valence-corrected chi connectivity index (χ1v) is 13.2. The highest BCUT2D eigenvalue weighted by Crippen LogP contribution is 2.51. The predicted octanol–water partition coefficient (Wildman–Crippen LogP) is 1.02. The normalized spacial score (nSPS) is 35.7. The van der Waals surface area contributed by atoms with Crippen LogP contribution < -0.4 is 9.57 Å². The number of ketones is 3. The standard InChI is InChI=1S/C27H30ClNO11/c1-10-22(32)13(29-28)6-17(39-10)40-15-8-27(37,16(31)9-30)7-12-19(15)26(36)21-20(24(12)34)23(33)11-4-3-5-14(38-2)18(11)25(21)35/h3-5,10,13,15,17,20-22,29-30,32,34,36-37H,6-9H2,1-2H3/t10-,13-,15-,17?,20?,21?,22+,27-/m0/s1. The van der Waals surface area contributed by atoms with Crippen LogP contribution in [-0.2, 0) is 14.3 Å². The summed E-state index contributed by atoms with van der Waals surface area (Å²) in [4.78, 5) is 42.4. The van der Waals surface area contributed by atoms with E-state index in [1.54, 1.807) is 6.92 Å². The number of nitrogens with one attached hydrogen (secondary N) is 1. The van der Waals surface area contributed by atoms with Crippen molar-refractivity contribution in [1.29, 1.82) is 0 Å². The van der Waals surface area contributed by atoms with E-state index in [0.717, 1.165) is 0 Å². The molecule has 3 aliphatic carbocycles. The zero-order valence-corrected chi connectivity index (χ0v) is 22.4. The molecule has 0 aromatic heterocycles. The number of Topliss-reactive ketones (excluding diaryl/α,β-unsaturated/α-hetero) is 3. The molecule has 1 aromatic rings. The molecular formula is C27H30ClNO11. The Morgan fingerprint density at radius 2 is 1.90 bits per heavy atom. The highest BCUT2D eigenvalue weighted by Gasteiger charge is 2.56. The molecule has 4 aliphatic rings. The third-order valence-electron chi connectivity index (χ3n) is 8.29. The SMILES string of the molecule is COc1cccc2c1C(=O)C1C(O)=C3C(=C(O)C1C2=O)C[C@@](O)(C(=O)CO)C[C@@H]3OC1C[C@H](NCl)[C@H](O)[C@H](C)O1. The van der Waals surface area contributed by atoms with Gasteiger partial charge in [-0.05, 0) is 24.8 Å². The summed E-state index contributed by atoms with van der Waals surface area (Å²) >= 11 is 5.78. The second-order valence-corrected chi connectivity index (χ2v) is 10.8. The molecule has 0 amide bonds. The summed E-state index contributed by atoms with van der Waals surface area (Å²) in [5, 5.41) is 54.1. The van der Waals surface area contributed by atoms with Gasteiger partial charge in [0.25, 0.3) is 0 Å². The Morgan fingerprint density at radius 1 is 1.20 bits per heavy atom. The molecule has 13 heteroatoms. The number of benzene rings is 1. The van der Waals surface area contributed by atoms with Gasteiger partial charge in [0.05, 0.1) is 48.9 Å². The number of carbonyl (C=O) groups excluding carboxylic acids is 3. The minimum Gasteiger partial charge on any atom is -0.511 e. The van der Waals surface area contributed by atoms with Gasteiger partial charge in [0.15, 0.2) is 23.6 Å². The summed E-state index contributed by atoms with van der Waals surface area (Å²) in [6, 6.07) is 3.78. The van der Waals surface area contributed by atoms with Gasteiger partial charge in [-0.15, -0.1) is 0 Å². The molecule has 0 radical (unpaired) electrons. The lowest BCUT2D eigenvalue weighted by Gasteiger charge is -2.45. The Balaban J connectivity index is 1.62. The van der Waals surface area contributed by atoms with Crippen molar-refractivity contribution >= 4 is 29.1 Å². The van der Waals surface area contributed by atoms with Gasteiger partial charge >= 0.3 is 0 Å². The van der Waals surface area contributed by atoms with Crippen molar-refractivity contribution in [3.8, 4) is 5.75 Å². The van der Waals surface area contributed by atoms with Crippen LogP contribution in [0.1, 0.15) is 46.9 Å². The zero-order chi connectivity index (χ0) is 29.1. The maximum atomic E-state index is 13.7. The lowest BCUT2D eigenvalue weighted by Crippen LogP contribution is -2.55. The van der Waals surface area contributed by atoms with Crippen LogP contribution in [0, 0.1) is 11.8 Å². The molecule has 8 atom stereocenters. The molecule has 3 unspecified atom stereocenters. The number of ether oxygens (including phenoxy) is 3. The average Bonchev–Trinajstić information content (AvgIpc) is 2.94. The number of methoxy groups -OCH3 is 1. The summed E-state index contributed by atoms with van der Waals surface area (Å²) in [6.45, 7) is 0.574. The van der Waals surface area contributed by atoms with Gasteiger partial charge in [-0.25, -0.2) is 4.84 Å². The molecule has 1 heterocycles. The number of halogens is 1. The van der Waals surface area contributed by atoms with Gasteiger partial charge in [0.1, 0.15) is 29.5 Å². The van der Waals surface area contributed by atoms with Crippen LogP contribution in [0.25, 0.3) is 0 Å². The quantitative estimate of drug-likeness (QED) is 0.263. The molecule has 216 valence electrons. The van der Waals surface area contributed by atoms with Crippen LogP contribution in [0.5, 0.6) is 5.75 Å². The lowest BCUT2D eigenvalue weighted by molar-refractivity contribution is -0.241. The van der Waals surface area contributed by atoms with Crippen LogP contribution in [0.4, 0.5) is 0 Å². The number of hydrogen-bond donors (Lipinski definition) is 6. The fourth-order valence-corrected chi connectivity index (χ4v) is 6.44. The third kappa shape index (κ3) is 4.35. The molecule has 1 aromatic carbocycles. The highest BCUT2D eigenvalue weighted by molar-refractivity contribution is 6.19. The topological polar surface area (TPSA) is 192 Å². The molecule has 1 aliphatic heterocycles. The fourth-order valence-electron chi connectivity index (χ4n) is 6.22. The van der Waals surface area contributed by atoms with Gasteiger partial charge in [0, 0.05) is 36.0 Å². The van der Waals surface area contributed by atoms with Gasteiger partial charge < -0.3 is 39.7 Å². The van der Waals surface area contributed by atoms with E-state index in [2.05, 4.69) is 4.84 Å². The Morgan fingerprint density at radius 3 is 2.55 bits per heavy atom. The molecule has 2 fully saturated rings. The molecule has 0 bridgehead atoms. The first-order chi connectivity index (χ1) is 19.0. The van der Waals surface area contributed by atoms with Crippen LogP contribution in [0.2, 0.25) is 0 Å². The zero-order valence-electron chi connectivity index (χ0n) is 21.7. The fraction of sp³-hybridized carbons (Fsp3) is 0.519. The Kier molecular flexibility index (Phi) is 7.55. The van der Waals surface area contributed by atoms with Crippen molar-refractivity contribution in [3.63, 3.8) is 0 Å². The van der Waals surface area contributed by atoms with Gasteiger partial charge in [-0.1, -0.05) is 12.1 Å². The van der Waals surface area contributed by atoms with Gasteiger partial charge in [-0.2, -0.15) is 0 Å². The molecular weight excluding hydrogens is 550 g/mol. The number of aliphatic hydroxyl groups excluding tert-OH is 4. The van der Waals surface area contributed by atoms with E-state index in [0.29, 0.717) is 0 Å². The van der Waals surface area contributed by atoms with Gasteiger partial charge in [0.2, 0.25) is 0 Å². The lowest BCUT2D eigenvalue weighted by atomic mass is 9.63. The second-order valence-electron chi connectivity index (χ2n) is 10.6. The predicted molar refractivity (Wildman–Crippen MR) is 137 cm³/mol. The number of aliphatic hydroxyl groups is 5. The van der Waals surface area contributed by atoms with E-state index in [4.69, 9.17) is 26.0 Å².